The van der Waals surface area contributed by atoms with Gasteiger partial charge in [0.25, 0.3) is 0 Å². The number of nitrogens with one attached hydrogen (secondary N) is 1. The number of aliphatic hydroxyl groups is 4. The fraction of sp³-hybridized carbons (Fsp3) is 0.854. The van der Waals surface area contributed by atoms with Crippen LogP contribution in [0, 0.1) is 141 Å². The molecule has 0 amide bonds. The number of hydrogen-bond donors (Lipinski definition) is 6. The molecule has 12 aliphatic rings. The molecule has 0 bridgehead atoms. The molecule has 3 heterocycles. The Bertz CT molecular complexity index is 3440. The van der Waals surface area contributed by atoms with E-state index in [4.69, 9.17) is 25.1 Å². The molecule has 24 heteroatoms. The van der Waals surface area contributed by atoms with Crippen LogP contribution < -0.4 is 5.73 Å². The van der Waals surface area contributed by atoms with Crippen LogP contribution in [0.1, 0.15) is 237 Å². The Labute approximate surface area is 640 Å². The number of alkyl halides is 1. The highest BCUT2D eigenvalue weighted by atomic mass is 79.9. The second-order valence-electron chi connectivity index (χ2n) is 36.4. The highest BCUT2D eigenvalue weighted by Gasteiger charge is 2.67. The molecule has 12 saturated carbocycles. The molecule has 24 atom stereocenters. The van der Waals surface area contributed by atoms with Crippen molar-refractivity contribution >= 4 is 50.3 Å². The predicted molar refractivity (Wildman–Crippen MR) is 414 cm³/mol. The lowest BCUT2D eigenvalue weighted by Crippen LogP contribution is -2.58. The number of nitrogens with zero attached hydrogens (tertiary/aromatic N) is 7. The lowest BCUT2D eigenvalue weighted by atomic mass is 9.43. The Morgan fingerprint density at radius 1 is 0.500 bits per heavy atom. The Kier molecular flexibility index (Phi) is 28.1. The average Bonchev–Trinajstić information content (AvgIpc) is 1.23. The van der Waals surface area contributed by atoms with Crippen molar-refractivity contribution in [3.8, 4) is 0 Å². The van der Waals surface area contributed by atoms with Gasteiger partial charge < -0.3 is 40.4 Å². The van der Waals surface area contributed by atoms with Crippen molar-refractivity contribution in [2.75, 3.05) is 59.3 Å². The summed E-state index contributed by atoms with van der Waals surface area (Å²) in [5.74, 6) is 8.79. The number of H-pyrrole nitrogens is 1. The van der Waals surface area contributed by atoms with Crippen LogP contribution in [0.15, 0.2) is 37.2 Å². The van der Waals surface area contributed by atoms with Crippen LogP contribution in [0.4, 0.5) is 17.1 Å². The van der Waals surface area contributed by atoms with Crippen LogP contribution in [0.25, 0.3) is 0 Å². The molecular weight excluding hydrogens is 1410 g/mol. The molecule has 15 rings (SSSR count). The molecule has 12 aliphatic carbocycles. The van der Waals surface area contributed by atoms with Gasteiger partial charge >= 0.3 is 11.4 Å². The number of aromatic amines is 1. The fourth-order valence-electron chi connectivity index (χ4n) is 26.9. The average molecular weight is 1550 g/mol. The molecular formula is C82H136BrN9O14. The second kappa shape index (κ2) is 34.2. The smallest absolute Gasteiger partial charge is 0.307 e. The summed E-state index contributed by atoms with van der Waals surface area (Å²) in [4.78, 5) is 59.2. The number of nitrogens with two attached hydrogens (primary N) is 1. The molecule has 0 aromatic carbocycles. The summed E-state index contributed by atoms with van der Waals surface area (Å²) in [7, 11) is 6.52. The van der Waals surface area contributed by atoms with Gasteiger partial charge in [-0.05, 0) is 298 Å². The molecule has 3 aromatic rings. The molecule has 7 N–H and O–H groups in total. The van der Waals surface area contributed by atoms with E-state index in [9.17, 15) is 49.9 Å². The van der Waals surface area contributed by atoms with Crippen LogP contribution in [0.2, 0.25) is 0 Å². The minimum atomic E-state index is -0.565. The van der Waals surface area contributed by atoms with Crippen LogP contribution in [0.3, 0.4) is 0 Å². The molecule has 12 fully saturated rings. The normalized spacial score (nSPS) is 41.7. The molecule has 0 saturated heterocycles. The van der Waals surface area contributed by atoms with Crippen molar-refractivity contribution in [1.29, 1.82) is 0 Å². The van der Waals surface area contributed by atoms with Gasteiger partial charge in [-0.25, -0.2) is 0 Å². The molecule has 0 unspecified atom stereocenters. The molecule has 3 aromatic heterocycles. The van der Waals surface area contributed by atoms with Crippen molar-refractivity contribution in [2.24, 2.45) is 121 Å². The van der Waals surface area contributed by atoms with Gasteiger partial charge in [0.1, 0.15) is 30.9 Å². The number of Topliss-reactive ketones (excluding diaryl/α,β-unsaturated/α-hetero) is 3. The van der Waals surface area contributed by atoms with Crippen LogP contribution >= 0.6 is 15.9 Å². The third-order valence-corrected chi connectivity index (χ3v) is 31.9. The predicted octanol–water partition coefficient (Wildman–Crippen LogP) is 15.3. The first-order valence-electron chi connectivity index (χ1n) is 39.2. The molecule has 0 spiro atoms. The summed E-state index contributed by atoms with van der Waals surface area (Å²) in [5.41, 5.74) is 5.62. The standard InChI is InChI=1S/C26H39N3O5.C26H41N3O3.C23H37BrO3.C3H3N3O2.CH4O.3CH4/c1-24(31)10-11-26(16-34-3)17(12-24)4-5-19-20-6-7-22(25(20,2)9-8-21(19)26)23(30)15-28-14-18(13-27-28)29(32)33;1-24(31)10-11-26(16-32-3)17(12-24)4-5-19-20-6-7-22(25(20,2)9-8-21(19)26)23(30)15-29-14-18(27)13-28-29;1-21(26)10-11-23(14-27-3)15(12-21)4-5-16-17-6-7-19(20(25)13-24)22(17,2)9-8-18(16)23;7-6(8)3-1-4-5-2-3;1-2;;;/h13-14,17,19-22,31H,4-12,15-16H2,1-3H3;13-14,17,19-22,31H,4-12,15-16,27H2,1-3H3;15-19,26H,4-14H2,1-3H3;1-2H,(H,4,5);2H,1H3;3*1H4/t2*17-,19+,20+,21+,22-,24-,25+,26-;15-,16+,17+,18+,19-,21-,22+,23-;;;;;/m111...../s1. The van der Waals surface area contributed by atoms with Crippen molar-refractivity contribution in [2.45, 2.75) is 267 Å². The van der Waals surface area contributed by atoms with E-state index >= 15 is 0 Å². The molecule has 106 heavy (non-hydrogen) atoms. The van der Waals surface area contributed by atoms with Crippen molar-refractivity contribution in [3.63, 3.8) is 0 Å². The number of halogens is 1. The first kappa shape index (κ1) is 87.0. The summed E-state index contributed by atoms with van der Waals surface area (Å²) < 4.78 is 20.7. The summed E-state index contributed by atoms with van der Waals surface area (Å²) in [5, 5.41) is 74.6. The Hall–Kier alpha value is -4.56. The van der Waals surface area contributed by atoms with Crippen molar-refractivity contribution < 1.29 is 58.9 Å². The summed E-state index contributed by atoms with van der Waals surface area (Å²) >= 11 is 3.43. The number of methoxy groups -OCH3 is 3. The van der Waals surface area contributed by atoms with Gasteiger partial charge in [-0.2, -0.15) is 15.3 Å². The topological polar surface area (TPSA) is 336 Å². The number of nitro groups is 2. The van der Waals surface area contributed by atoms with Gasteiger partial charge in [0.05, 0.1) is 76.4 Å². The number of ether oxygens (including phenoxy) is 3. The quantitative estimate of drug-likeness (QED) is 0.0441. The number of fused-ring (bicyclic) bond motifs is 15. The van der Waals surface area contributed by atoms with Crippen LogP contribution in [0.5, 0.6) is 0 Å². The van der Waals surface area contributed by atoms with Gasteiger partial charge in [0, 0.05) is 52.4 Å². The van der Waals surface area contributed by atoms with Crippen LogP contribution in [-0.4, -0.2) is 148 Å². The van der Waals surface area contributed by atoms with Gasteiger partial charge in [0.15, 0.2) is 11.6 Å². The monoisotopic (exact) mass is 1550 g/mol. The first-order chi connectivity index (χ1) is 48.9. The minimum absolute atomic E-state index is 0. The van der Waals surface area contributed by atoms with Gasteiger partial charge in [-0.3, -0.25) is 49.1 Å². The number of nitrogen functional groups attached to an aromatic ring is 1. The number of carbonyl (C=O) groups is 3. The number of ketones is 3. The molecule has 0 radical (unpaired) electrons. The zero-order chi connectivity index (χ0) is 74.5. The molecule has 23 nitrogen and oxygen atoms in total. The number of anilines is 1. The summed E-state index contributed by atoms with van der Waals surface area (Å²) in [6.45, 7) is 16.1. The largest absolute Gasteiger partial charge is 0.400 e. The highest BCUT2D eigenvalue weighted by Crippen LogP contribution is 2.72. The number of carbonyl (C=O) groups excluding carboxylic acids is 3. The molecule has 600 valence electrons. The third kappa shape index (κ3) is 16.4. The number of rotatable bonds is 16. The fourth-order valence-corrected chi connectivity index (χ4v) is 27.3. The maximum Gasteiger partial charge on any atom is 0.307 e. The molecule has 0 aliphatic heterocycles. The van der Waals surface area contributed by atoms with E-state index in [1.54, 1.807) is 17.1 Å². The third-order valence-electron chi connectivity index (χ3n) is 31.3. The Balaban J connectivity index is 0.000000186. The number of aromatic nitrogens is 6. The van der Waals surface area contributed by atoms with E-state index in [0.29, 0.717) is 94.2 Å². The minimum Gasteiger partial charge on any atom is -0.400 e. The number of aliphatic hydroxyl groups excluding tert-OH is 1. The van der Waals surface area contributed by atoms with E-state index in [1.807, 2.05) is 42.1 Å². The SMILES string of the molecule is C.C.C.CO.COC[C@]12CC[C@@](C)(O)C[C@H]1CC[C@H]1[C@@H]3CC[C@H](C(=O)CBr)[C@@]3(C)CC[C@@H]12.COC[C@]12CC[C@@](C)(O)C[C@H]1CC[C@H]1[C@@H]3CC[C@H](C(=O)Cn4cc(N)cn4)[C@@]3(C)CC[C@@H]12.COC[C@]12CC[C@@](C)(O)C[C@H]1CC[C@H]1[C@@H]3CC[C@H](C(=O)Cn4cc([N+](=O)[O-])cn4)[C@@]3(C)CC[C@@H]12.O=[N+]([O-])c1cn[nH]c1. The Morgan fingerprint density at radius 2 is 0.849 bits per heavy atom. The van der Waals surface area contributed by atoms with Crippen molar-refractivity contribution in [1.82, 2.24) is 29.8 Å². The van der Waals surface area contributed by atoms with Crippen molar-refractivity contribution in [3.05, 3.63) is 57.4 Å². The Morgan fingerprint density at radius 3 is 1.14 bits per heavy atom. The second-order valence-corrected chi connectivity index (χ2v) is 37.0. The summed E-state index contributed by atoms with van der Waals surface area (Å²) in [6.07, 6.45) is 37.6. The first-order valence-corrected chi connectivity index (χ1v) is 40.3. The maximum absolute atomic E-state index is 13.4. The highest BCUT2D eigenvalue weighted by molar-refractivity contribution is 9.09. The van der Waals surface area contributed by atoms with Gasteiger partial charge in [-0.1, -0.05) is 59.0 Å². The van der Waals surface area contributed by atoms with E-state index in [0.717, 1.165) is 148 Å². The van der Waals surface area contributed by atoms with Gasteiger partial charge in [-0.15, -0.1) is 0 Å². The zero-order valence-electron chi connectivity index (χ0n) is 63.4. The summed E-state index contributed by atoms with van der Waals surface area (Å²) in [6, 6.07) is 0. The van der Waals surface area contributed by atoms with E-state index in [1.165, 1.54) is 87.5 Å². The lowest BCUT2D eigenvalue weighted by Gasteiger charge is -2.62. The van der Waals surface area contributed by atoms with E-state index < -0.39 is 26.6 Å². The van der Waals surface area contributed by atoms with Crippen LogP contribution in [-0.2, 0) is 41.7 Å². The maximum atomic E-state index is 13.4. The van der Waals surface area contributed by atoms with E-state index in [-0.39, 0.29) is 96.2 Å². The zero-order valence-corrected chi connectivity index (χ0v) is 65.0. The van der Waals surface area contributed by atoms with Gasteiger partial charge in [0.2, 0.25) is 0 Å². The lowest BCUT2D eigenvalue weighted by molar-refractivity contribution is -0.385. The number of hydrogen-bond acceptors (Lipinski definition) is 18. The van der Waals surface area contributed by atoms with E-state index in [2.05, 4.69) is 57.1 Å².